The number of Topliss-reactive ketones (excluding diaryl/α,β-unsaturated/α-hetero) is 1. The lowest BCUT2D eigenvalue weighted by Gasteiger charge is -2.11. The summed E-state index contributed by atoms with van der Waals surface area (Å²) >= 11 is 0. The average molecular weight is 285 g/mol. The molecule has 0 aliphatic heterocycles. The van der Waals surface area contributed by atoms with Crippen molar-refractivity contribution in [2.45, 2.75) is 5.92 Å². The van der Waals surface area contributed by atoms with E-state index in [1.807, 2.05) is 6.07 Å². The molecule has 6 nitrogen and oxygen atoms in total. The number of ketones is 1. The summed E-state index contributed by atoms with van der Waals surface area (Å²) < 4.78 is 12.0. The number of hydrogen-bond donors (Lipinski definition) is 0. The number of rotatable bonds is 5. The molecule has 2 aromatic rings. The predicted octanol–water partition coefficient (Wildman–Crippen LogP) is 1.93. The number of aromatic nitrogens is 2. The minimum Gasteiger partial charge on any atom is -0.493 e. The van der Waals surface area contributed by atoms with Crippen LogP contribution in [0, 0.1) is 11.3 Å². The van der Waals surface area contributed by atoms with E-state index >= 15 is 0 Å². The van der Waals surface area contributed by atoms with Gasteiger partial charge in [-0.2, -0.15) is 5.26 Å². The highest BCUT2D eigenvalue weighted by Crippen LogP contribution is 2.31. The highest BCUT2D eigenvalue weighted by atomic mass is 16.5. The third-order valence-electron chi connectivity index (χ3n) is 3.09. The van der Waals surface area contributed by atoms with Crippen molar-refractivity contribution in [1.82, 2.24) is 9.55 Å². The van der Waals surface area contributed by atoms with E-state index in [0.717, 1.165) is 0 Å². The molecule has 1 aromatic carbocycles. The Bertz CT molecular complexity index is 700. The number of imidazole rings is 1. The molecule has 1 heterocycles. The smallest absolute Gasteiger partial charge is 0.204 e. The monoisotopic (exact) mass is 285 g/mol. The molecule has 0 amide bonds. The first-order chi connectivity index (χ1) is 10.1. The predicted molar refractivity (Wildman–Crippen MR) is 75.4 cm³/mol. The summed E-state index contributed by atoms with van der Waals surface area (Å²) in [5, 5.41) is 9.33. The standard InChI is InChI=1S/C15H15N3O3/c1-18-8-12(17-9-18)15(19)11(7-16)10-4-5-13(20-2)14(6-10)21-3/h4-6,8-9,11H,1-3H3. The molecule has 0 spiro atoms. The maximum atomic E-state index is 12.4. The number of benzene rings is 1. The molecule has 0 radical (unpaired) electrons. The molecule has 0 fully saturated rings. The summed E-state index contributed by atoms with van der Waals surface area (Å²) in [6, 6.07) is 7.00. The van der Waals surface area contributed by atoms with Crippen LogP contribution in [0.25, 0.3) is 0 Å². The highest BCUT2D eigenvalue weighted by Gasteiger charge is 2.24. The zero-order valence-corrected chi connectivity index (χ0v) is 12.0. The summed E-state index contributed by atoms with van der Waals surface area (Å²) in [6.07, 6.45) is 3.11. The van der Waals surface area contributed by atoms with Gasteiger partial charge in [0.25, 0.3) is 0 Å². The third kappa shape index (κ3) is 2.87. The molecular weight excluding hydrogens is 270 g/mol. The Kier molecular flexibility index (Phi) is 4.24. The van der Waals surface area contributed by atoms with E-state index in [9.17, 15) is 10.1 Å². The minimum atomic E-state index is -0.931. The number of methoxy groups -OCH3 is 2. The number of hydrogen-bond acceptors (Lipinski definition) is 5. The van der Waals surface area contributed by atoms with Gasteiger partial charge in [0.2, 0.25) is 5.78 Å². The van der Waals surface area contributed by atoms with Gasteiger partial charge in [0.15, 0.2) is 11.5 Å². The fourth-order valence-corrected chi connectivity index (χ4v) is 2.00. The Morgan fingerprint density at radius 3 is 2.57 bits per heavy atom. The molecule has 6 heteroatoms. The lowest BCUT2D eigenvalue weighted by molar-refractivity contribution is 0.0974. The van der Waals surface area contributed by atoms with Gasteiger partial charge in [-0.25, -0.2) is 4.98 Å². The van der Waals surface area contributed by atoms with Gasteiger partial charge in [0, 0.05) is 13.2 Å². The van der Waals surface area contributed by atoms with Gasteiger partial charge < -0.3 is 14.0 Å². The summed E-state index contributed by atoms with van der Waals surface area (Å²) in [5.41, 5.74) is 0.810. The van der Waals surface area contributed by atoms with Crippen LogP contribution in [0.15, 0.2) is 30.7 Å². The minimum absolute atomic E-state index is 0.263. The van der Waals surface area contributed by atoms with Crippen LogP contribution in [-0.2, 0) is 7.05 Å². The van der Waals surface area contributed by atoms with Crippen LogP contribution in [0.1, 0.15) is 22.0 Å². The van der Waals surface area contributed by atoms with E-state index < -0.39 is 5.92 Å². The second kappa shape index (κ2) is 6.09. The number of nitriles is 1. The quantitative estimate of drug-likeness (QED) is 0.784. The fraction of sp³-hybridized carbons (Fsp3) is 0.267. The Balaban J connectivity index is 2.38. The van der Waals surface area contributed by atoms with Crippen LogP contribution in [-0.4, -0.2) is 29.6 Å². The van der Waals surface area contributed by atoms with E-state index in [1.54, 1.807) is 36.0 Å². The van der Waals surface area contributed by atoms with Crippen molar-refractivity contribution in [3.05, 3.63) is 42.0 Å². The molecule has 21 heavy (non-hydrogen) atoms. The van der Waals surface area contributed by atoms with Crippen LogP contribution in [0.4, 0.5) is 0 Å². The van der Waals surface area contributed by atoms with Crippen LogP contribution in [0.5, 0.6) is 11.5 Å². The largest absolute Gasteiger partial charge is 0.493 e. The summed E-state index contributed by atoms with van der Waals surface area (Å²) in [4.78, 5) is 16.4. The van der Waals surface area contributed by atoms with Crippen molar-refractivity contribution in [2.75, 3.05) is 14.2 Å². The molecule has 0 saturated carbocycles. The molecule has 108 valence electrons. The number of carbonyl (C=O) groups excluding carboxylic acids is 1. The summed E-state index contributed by atoms with van der Waals surface area (Å²) in [7, 11) is 4.80. The van der Waals surface area contributed by atoms with Gasteiger partial charge in [-0.3, -0.25) is 4.79 Å². The number of nitrogens with zero attached hydrogens (tertiary/aromatic N) is 3. The first-order valence-electron chi connectivity index (χ1n) is 6.24. The Hall–Kier alpha value is -2.81. The average Bonchev–Trinajstić information content (AvgIpc) is 2.94. The third-order valence-corrected chi connectivity index (χ3v) is 3.09. The van der Waals surface area contributed by atoms with Crippen molar-refractivity contribution < 1.29 is 14.3 Å². The van der Waals surface area contributed by atoms with Crippen molar-refractivity contribution >= 4 is 5.78 Å². The van der Waals surface area contributed by atoms with Gasteiger partial charge in [-0.15, -0.1) is 0 Å². The lowest BCUT2D eigenvalue weighted by atomic mass is 9.94. The van der Waals surface area contributed by atoms with Crippen molar-refractivity contribution in [1.29, 1.82) is 5.26 Å². The molecule has 0 bridgehead atoms. The molecule has 0 saturated heterocycles. The SMILES string of the molecule is COc1ccc(C(C#N)C(=O)c2cn(C)cn2)cc1OC. The van der Waals surface area contributed by atoms with Crippen LogP contribution >= 0.6 is 0 Å². The van der Waals surface area contributed by atoms with E-state index in [1.165, 1.54) is 20.5 Å². The number of carbonyl (C=O) groups is 1. The second-order valence-corrected chi connectivity index (χ2v) is 4.47. The first kappa shape index (κ1) is 14.6. The maximum absolute atomic E-state index is 12.4. The van der Waals surface area contributed by atoms with Gasteiger partial charge in [-0.05, 0) is 17.7 Å². The van der Waals surface area contributed by atoms with E-state index in [0.29, 0.717) is 17.1 Å². The highest BCUT2D eigenvalue weighted by molar-refractivity contribution is 6.01. The van der Waals surface area contributed by atoms with Gasteiger partial charge in [0.1, 0.15) is 11.6 Å². The topological polar surface area (TPSA) is 77.1 Å². The summed E-state index contributed by atoms with van der Waals surface area (Å²) in [5.74, 6) is -0.252. The van der Waals surface area contributed by atoms with Crippen molar-refractivity contribution in [3.63, 3.8) is 0 Å². The lowest BCUT2D eigenvalue weighted by Crippen LogP contribution is -2.12. The first-order valence-corrected chi connectivity index (χ1v) is 6.24. The molecule has 1 aromatic heterocycles. The Morgan fingerprint density at radius 1 is 1.33 bits per heavy atom. The zero-order valence-electron chi connectivity index (χ0n) is 12.0. The van der Waals surface area contributed by atoms with Crippen molar-refractivity contribution in [2.24, 2.45) is 7.05 Å². The van der Waals surface area contributed by atoms with E-state index in [4.69, 9.17) is 9.47 Å². The van der Waals surface area contributed by atoms with Crippen molar-refractivity contribution in [3.8, 4) is 17.6 Å². The van der Waals surface area contributed by atoms with Crippen LogP contribution in [0.2, 0.25) is 0 Å². The van der Waals surface area contributed by atoms with Crippen LogP contribution in [0.3, 0.4) is 0 Å². The van der Waals surface area contributed by atoms with E-state index in [-0.39, 0.29) is 11.5 Å². The molecule has 2 rings (SSSR count). The Morgan fingerprint density at radius 2 is 2.05 bits per heavy atom. The van der Waals surface area contributed by atoms with Gasteiger partial charge >= 0.3 is 0 Å². The normalized spacial score (nSPS) is 11.5. The molecular formula is C15H15N3O3. The van der Waals surface area contributed by atoms with Gasteiger partial charge in [0.05, 0.1) is 26.6 Å². The zero-order chi connectivity index (χ0) is 15.4. The molecule has 0 aliphatic rings. The van der Waals surface area contributed by atoms with E-state index in [2.05, 4.69) is 4.98 Å². The molecule has 1 unspecified atom stereocenters. The number of aryl methyl sites for hydroxylation is 1. The second-order valence-electron chi connectivity index (χ2n) is 4.47. The molecule has 1 atom stereocenters. The maximum Gasteiger partial charge on any atom is 0.204 e. The fourth-order valence-electron chi connectivity index (χ4n) is 2.00. The Labute approximate surface area is 122 Å². The molecule has 0 N–H and O–H groups in total. The summed E-state index contributed by atoms with van der Waals surface area (Å²) in [6.45, 7) is 0. The van der Waals surface area contributed by atoms with Gasteiger partial charge in [-0.1, -0.05) is 6.07 Å². The number of ether oxygens (including phenoxy) is 2. The molecule has 0 aliphatic carbocycles. The van der Waals surface area contributed by atoms with Crippen LogP contribution < -0.4 is 9.47 Å².